The predicted molar refractivity (Wildman–Crippen MR) is 235 cm³/mol. The Kier molecular flexibility index (Phi) is 7.78. The van der Waals surface area contributed by atoms with Crippen molar-refractivity contribution in [3.63, 3.8) is 0 Å². The number of para-hydroxylation sites is 2. The molecule has 0 amide bonds. The summed E-state index contributed by atoms with van der Waals surface area (Å²) in [6.07, 6.45) is 0. The van der Waals surface area contributed by atoms with Crippen molar-refractivity contribution in [1.82, 2.24) is 15.0 Å². The van der Waals surface area contributed by atoms with Crippen molar-refractivity contribution in [2.45, 2.75) is 0 Å². The molecule has 57 heavy (non-hydrogen) atoms. The second-order valence-electron chi connectivity index (χ2n) is 14.4. The number of fused-ring (bicyclic) bond motifs is 5. The Bertz CT molecular complexity index is 3290. The van der Waals surface area contributed by atoms with Gasteiger partial charge in [0.15, 0.2) is 17.5 Å². The van der Waals surface area contributed by atoms with Gasteiger partial charge in [0.25, 0.3) is 0 Å². The Labute approximate surface area is 329 Å². The minimum atomic E-state index is 0.557. The van der Waals surface area contributed by atoms with E-state index in [1.165, 1.54) is 27.5 Å². The van der Waals surface area contributed by atoms with Crippen LogP contribution in [0, 0.1) is 0 Å². The summed E-state index contributed by atoms with van der Waals surface area (Å²) in [5.74, 6) is 1.75. The van der Waals surface area contributed by atoms with Crippen molar-refractivity contribution >= 4 is 43.5 Å². The lowest BCUT2D eigenvalue weighted by Gasteiger charge is -2.12. The topological polar surface area (TPSA) is 51.8 Å². The molecule has 0 radical (unpaired) electrons. The molecule has 4 heteroatoms. The van der Waals surface area contributed by atoms with Crippen LogP contribution in [-0.2, 0) is 0 Å². The molecule has 0 atom stereocenters. The molecule has 0 unspecified atom stereocenters. The van der Waals surface area contributed by atoms with E-state index in [1.807, 2.05) is 24.3 Å². The maximum atomic E-state index is 6.51. The molecule has 11 aromatic rings. The fourth-order valence-electron chi connectivity index (χ4n) is 8.10. The second kappa shape index (κ2) is 13.6. The summed E-state index contributed by atoms with van der Waals surface area (Å²) in [4.78, 5) is 15.6. The number of aromatic nitrogens is 3. The lowest BCUT2D eigenvalue weighted by molar-refractivity contribution is 0.669. The van der Waals surface area contributed by atoms with Crippen LogP contribution in [0.5, 0.6) is 0 Å². The van der Waals surface area contributed by atoms with E-state index in [0.29, 0.717) is 17.5 Å². The van der Waals surface area contributed by atoms with Gasteiger partial charge in [-0.2, -0.15) is 0 Å². The highest BCUT2D eigenvalue weighted by molar-refractivity contribution is 6.09. The molecule has 2 heterocycles. The minimum Gasteiger partial charge on any atom is -0.455 e. The van der Waals surface area contributed by atoms with E-state index in [4.69, 9.17) is 19.4 Å². The van der Waals surface area contributed by atoms with Crippen LogP contribution in [0.1, 0.15) is 0 Å². The van der Waals surface area contributed by atoms with Crippen molar-refractivity contribution in [1.29, 1.82) is 0 Å². The van der Waals surface area contributed by atoms with Gasteiger partial charge in [-0.25, -0.2) is 15.0 Å². The van der Waals surface area contributed by atoms with E-state index in [-0.39, 0.29) is 0 Å². The molecule has 9 aromatic carbocycles. The van der Waals surface area contributed by atoms with Crippen LogP contribution in [-0.4, -0.2) is 15.0 Å². The largest absolute Gasteiger partial charge is 0.455 e. The van der Waals surface area contributed by atoms with Gasteiger partial charge in [-0.1, -0.05) is 176 Å². The molecular formula is C53H33N3O. The molecule has 0 saturated heterocycles. The van der Waals surface area contributed by atoms with E-state index >= 15 is 0 Å². The molecule has 0 aliphatic carbocycles. The van der Waals surface area contributed by atoms with Crippen LogP contribution in [0.2, 0.25) is 0 Å². The Morgan fingerprint density at radius 3 is 1.65 bits per heavy atom. The van der Waals surface area contributed by atoms with Crippen LogP contribution in [0.4, 0.5) is 0 Å². The molecule has 0 aliphatic rings. The second-order valence-corrected chi connectivity index (χ2v) is 14.4. The molecule has 2 aromatic heterocycles. The Hall–Kier alpha value is -7.69. The van der Waals surface area contributed by atoms with Crippen LogP contribution in [0.3, 0.4) is 0 Å². The molecule has 0 bridgehead atoms. The van der Waals surface area contributed by atoms with Gasteiger partial charge in [0.05, 0.1) is 5.56 Å². The van der Waals surface area contributed by atoms with Gasteiger partial charge in [0.2, 0.25) is 0 Å². The van der Waals surface area contributed by atoms with E-state index in [0.717, 1.165) is 66.1 Å². The number of rotatable bonds is 6. The summed E-state index contributed by atoms with van der Waals surface area (Å²) >= 11 is 0. The van der Waals surface area contributed by atoms with Gasteiger partial charge in [-0.3, -0.25) is 0 Å². The van der Waals surface area contributed by atoms with Crippen LogP contribution < -0.4 is 0 Å². The average molecular weight is 728 g/mol. The molecule has 4 nitrogen and oxygen atoms in total. The zero-order valence-corrected chi connectivity index (χ0v) is 30.8. The fourth-order valence-corrected chi connectivity index (χ4v) is 8.10. The number of hydrogen-bond acceptors (Lipinski definition) is 4. The maximum Gasteiger partial charge on any atom is 0.167 e. The summed E-state index contributed by atoms with van der Waals surface area (Å²) in [6.45, 7) is 0. The van der Waals surface area contributed by atoms with Gasteiger partial charge in [-0.15, -0.1) is 0 Å². The van der Waals surface area contributed by atoms with E-state index in [1.54, 1.807) is 0 Å². The highest BCUT2D eigenvalue weighted by Gasteiger charge is 2.19. The lowest BCUT2D eigenvalue weighted by Crippen LogP contribution is -2.01. The molecule has 0 N–H and O–H groups in total. The summed E-state index contributed by atoms with van der Waals surface area (Å²) in [7, 11) is 0. The molecule has 0 aliphatic heterocycles. The quantitative estimate of drug-likeness (QED) is 0.171. The third kappa shape index (κ3) is 5.83. The van der Waals surface area contributed by atoms with E-state index < -0.39 is 0 Å². The third-order valence-electron chi connectivity index (χ3n) is 11.0. The van der Waals surface area contributed by atoms with Crippen LogP contribution in [0.15, 0.2) is 205 Å². The number of furan rings is 1. The van der Waals surface area contributed by atoms with E-state index in [2.05, 4.69) is 176 Å². The number of nitrogens with zero attached hydrogens (tertiary/aromatic N) is 3. The van der Waals surface area contributed by atoms with Crippen molar-refractivity contribution in [3.8, 4) is 67.5 Å². The summed E-state index contributed by atoms with van der Waals surface area (Å²) in [6, 6.07) is 70.0. The van der Waals surface area contributed by atoms with Crippen LogP contribution >= 0.6 is 0 Å². The monoisotopic (exact) mass is 727 g/mol. The normalized spacial score (nSPS) is 11.5. The van der Waals surface area contributed by atoms with Gasteiger partial charge in [-0.05, 0) is 79.2 Å². The Morgan fingerprint density at radius 1 is 0.281 bits per heavy atom. The number of benzene rings is 9. The molecule has 0 spiro atoms. The van der Waals surface area contributed by atoms with Crippen LogP contribution in [0.25, 0.3) is 111 Å². The molecule has 0 saturated carbocycles. The zero-order valence-electron chi connectivity index (χ0n) is 30.8. The average Bonchev–Trinajstić information content (AvgIpc) is 3.68. The van der Waals surface area contributed by atoms with Gasteiger partial charge < -0.3 is 4.42 Å². The first-order valence-electron chi connectivity index (χ1n) is 19.2. The maximum absolute atomic E-state index is 6.51. The summed E-state index contributed by atoms with van der Waals surface area (Å²) < 4.78 is 6.51. The molecule has 11 rings (SSSR count). The SMILES string of the molecule is c1ccc(-c2cccc(-c3ccc4cccc(-c5nc(-c6ccc(-c7cccc8ccccc78)cc6)nc(-c6cccc7c6oc6ccccc67)n5)c4c3)c2)cc1. The first-order valence-corrected chi connectivity index (χ1v) is 19.2. The highest BCUT2D eigenvalue weighted by Crippen LogP contribution is 2.38. The first kappa shape index (κ1) is 32.7. The fraction of sp³-hybridized carbons (Fsp3) is 0. The molecule has 0 fully saturated rings. The minimum absolute atomic E-state index is 0.557. The third-order valence-corrected chi connectivity index (χ3v) is 11.0. The Morgan fingerprint density at radius 2 is 0.807 bits per heavy atom. The van der Waals surface area contributed by atoms with E-state index in [9.17, 15) is 0 Å². The number of hydrogen-bond donors (Lipinski definition) is 0. The van der Waals surface area contributed by atoms with Gasteiger partial charge in [0, 0.05) is 21.9 Å². The van der Waals surface area contributed by atoms with Crippen molar-refractivity contribution in [3.05, 3.63) is 200 Å². The van der Waals surface area contributed by atoms with Crippen molar-refractivity contribution in [2.24, 2.45) is 0 Å². The molecular weight excluding hydrogens is 695 g/mol. The summed E-state index contributed by atoms with van der Waals surface area (Å²) in [5, 5.41) is 6.70. The Balaban J connectivity index is 1.08. The zero-order chi connectivity index (χ0) is 37.7. The highest BCUT2D eigenvalue weighted by atomic mass is 16.3. The lowest BCUT2D eigenvalue weighted by atomic mass is 9.95. The van der Waals surface area contributed by atoms with Crippen molar-refractivity contribution < 1.29 is 4.42 Å². The van der Waals surface area contributed by atoms with Gasteiger partial charge >= 0.3 is 0 Å². The smallest absolute Gasteiger partial charge is 0.167 e. The standard InChI is InChI=1S/C53H33N3O/c1-2-12-34(13-3-1)39-17-8-18-40(32-39)41-31-28-36-16-10-23-46(48(36)33-41)52-54-51(38-29-26-37(27-30-38)43-21-9-15-35-14-4-5-19-42(35)43)55-53(56-52)47-24-11-22-45-44-20-6-7-25-49(44)57-50(45)47/h1-33H. The summed E-state index contributed by atoms with van der Waals surface area (Å²) in [5.41, 5.74) is 11.2. The molecule has 266 valence electrons. The predicted octanol–water partition coefficient (Wildman–Crippen LogP) is 14.1. The van der Waals surface area contributed by atoms with Crippen molar-refractivity contribution in [2.75, 3.05) is 0 Å². The first-order chi connectivity index (χ1) is 28.2. The van der Waals surface area contributed by atoms with Gasteiger partial charge in [0.1, 0.15) is 11.2 Å².